The highest BCUT2D eigenvalue weighted by atomic mass is 19.4. The van der Waals surface area contributed by atoms with Crippen molar-refractivity contribution >= 4 is 23.3 Å². The molecule has 0 spiro atoms. The van der Waals surface area contributed by atoms with Crippen LogP contribution in [0.4, 0.5) is 29.3 Å². The Kier molecular flexibility index (Phi) is 14.1. The first-order valence-corrected chi connectivity index (χ1v) is 17.2. The third kappa shape index (κ3) is 11.6. The zero-order valence-electron chi connectivity index (χ0n) is 29.8. The lowest BCUT2D eigenvalue weighted by Gasteiger charge is -2.36. The molecule has 4 rings (SSSR count). The number of ether oxygens (including phenoxy) is 3. The van der Waals surface area contributed by atoms with E-state index in [-0.39, 0.29) is 42.7 Å². The number of likely N-dealkylation sites (N-methyl/N-ethyl adjacent to an activating group) is 1. The first-order chi connectivity index (χ1) is 24.3. The minimum Gasteiger partial charge on any atom is -0.497 e. The molecule has 0 radical (unpaired) electrons. The molecule has 13 heteroatoms. The first-order valence-electron chi connectivity index (χ1n) is 17.2. The van der Waals surface area contributed by atoms with Gasteiger partial charge in [0.15, 0.2) is 0 Å². The van der Waals surface area contributed by atoms with Gasteiger partial charge in [0.05, 0.1) is 43.1 Å². The van der Waals surface area contributed by atoms with E-state index in [1.165, 1.54) is 12.1 Å². The van der Waals surface area contributed by atoms with Gasteiger partial charge in [0.2, 0.25) is 0 Å². The van der Waals surface area contributed by atoms with Gasteiger partial charge in [0.1, 0.15) is 11.5 Å². The van der Waals surface area contributed by atoms with Crippen LogP contribution in [0.2, 0.25) is 0 Å². The molecule has 3 aromatic rings. The molecule has 0 saturated carbocycles. The van der Waals surface area contributed by atoms with Gasteiger partial charge in [-0.05, 0) is 100 Å². The molecule has 3 aromatic carbocycles. The van der Waals surface area contributed by atoms with Gasteiger partial charge < -0.3 is 34.9 Å². The van der Waals surface area contributed by atoms with E-state index < -0.39 is 23.8 Å². The molecule has 0 saturated heterocycles. The number of alkyl halides is 3. The van der Waals surface area contributed by atoms with Crippen molar-refractivity contribution in [3.63, 3.8) is 0 Å². The smallest absolute Gasteiger partial charge is 0.416 e. The Bertz CT molecular complexity index is 1570. The predicted octanol–water partition coefficient (Wildman–Crippen LogP) is 7.29. The van der Waals surface area contributed by atoms with Crippen LogP contribution >= 0.6 is 0 Å². The summed E-state index contributed by atoms with van der Waals surface area (Å²) < 4.78 is 57.1. The molecule has 3 N–H and O–H groups in total. The topological polar surface area (TPSA) is 113 Å². The number of hydrogen-bond donors (Lipinski definition) is 3. The number of hydrogen-bond acceptors (Lipinski definition) is 7. The molecule has 4 atom stereocenters. The number of nitrogens with one attached hydrogen (secondary N) is 2. The molecule has 0 aromatic heterocycles. The lowest BCUT2D eigenvalue weighted by Crippen LogP contribution is -2.47. The van der Waals surface area contributed by atoms with E-state index >= 15 is 0 Å². The van der Waals surface area contributed by atoms with Crippen molar-refractivity contribution < 1.29 is 42.1 Å². The predicted molar refractivity (Wildman–Crippen MR) is 190 cm³/mol. The number of aliphatic hydroxyl groups excluding tert-OH is 1. The zero-order chi connectivity index (χ0) is 37.1. The Morgan fingerprint density at radius 2 is 1.71 bits per heavy atom. The van der Waals surface area contributed by atoms with Gasteiger partial charge in [-0.3, -0.25) is 9.69 Å². The van der Waals surface area contributed by atoms with E-state index in [0.29, 0.717) is 49.0 Å². The summed E-state index contributed by atoms with van der Waals surface area (Å²) in [6.07, 6.45) is -2.61. The fraction of sp³-hybridized carbons (Fsp3) is 0.474. The maximum atomic E-state index is 14.4. The quantitative estimate of drug-likeness (QED) is 0.214. The number of urea groups is 1. The van der Waals surface area contributed by atoms with Crippen LogP contribution in [0.15, 0.2) is 66.7 Å². The molecule has 278 valence electrons. The average molecular weight is 715 g/mol. The number of anilines is 2. The van der Waals surface area contributed by atoms with Gasteiger partial charge >= 0.3 is 12.2 Å². The van der Waals surface area contributed by atoms with E-state index in [2.05, 4.69) is 10.6 Å². The van der Waals surface area contributed by atoms with E-state index in [9.17, 15) is 27.9 Å². The van der Waals surface area contributed by atoms with Gasteiger partial charge in [-0.15, -0.1) is 0 Å². The van der Waals surface area contributed by atoms with Crippen LogP contribution in [0.25, 0.3) is 0 Å². The highest BCUT2D eigenvalue weighted by Gasteiger charge is 2.32. The Morgan fingerprint density at radius 3 is 2.35 bits per heavy atom. The number of nitrogens with zero attached hydrogens (tertiary/aromatic N) is 2. The molecule has 10 nitrogen and oxygen atoms in total. The summed E-state index contributed by atoms with van der Waals surface area (Å²) in [6, 6.07) is 15.9. The maximum absolute atomic E-state index is 14.4. The molecule has 0 aliphatic carbocycles. The van der Waals surface area contributed by atoms with Crippen molar-refractivity contribution in [3.05, 3.63) is 83.4 Å². The Hall–Kier alpha value is -4.33. The van der Waals surface area contributed by atoms with Crippen LogP contribution in [-0.4, -0.2) is 85.6 Å². The molecule has 0 bridgehead atoms. The normalized spacial score (nSPS) is 19.8. The van der Waals surface area contributed by atoms with Crippen LogP contribution in [0.3, 0.4) is 0 Å². The molecule has 3 amide bonds. The van der Waals surface area contributed by atoms with Crippen LogP contribution in [0.5, 0.6) is 11.5 Å². The molecule has 51 heavy (non-hydrogen) atoms. The number of amides is 3. The number of benzene rings is 3. The number of methoxy groups -OCH3 is 1. The number of halogens is 3. The summed E-state index contributed by atoms with van der Waals surface area (Å²) in [4.78, 5) is 30.9. The highest BCUT2D eigenvalue weighted by molar-refractivity contribution is 6.02. The largest absolute Gasteiger partial charge is 0.497 e. The van der Waals surface area contributed by atoms with Crippen molar-refractivity contribution in [1.29, 1.82) is 0 Å². The summed E-state index contributed by atoms with van der Waals surface area (Å²) in [6.45, 7) is 6.99. The Balaban J connectivity index is 1.55. The van der Waals surface area contributed by atoms with Crippen LogP contribution in [-0.2, 0) is 17.5 Å². The van der Waals surface area contributed by atoms with Crippen molar-refractivity contribution in [3.8, 4) is 11.5 Å². The molecule has 0 fully saturated rings. The van der Waals surface area contributed by atoms with E-state index in [0.717, 1.165) is 30.5 Å². The lowest BCUT2D eigenvalue weighted by atomic mass is 10.0. The minimum atomic E-state index is -4.40. The SMILES string of the molecule is COc1ccc(NC(=O)Nc2ccc3c(c2)C(=O)N([C@H](C)CO)C[C@H](C)[C@@H](CN(C)Cc2ccc(C(F)(F)F)cc2)OCCCC[C@@H](C)O3)cc1. The second-order valence-electron chi connectivity index (χ2n) is 13.2. The highest BCUT2D eigenvalue weighted by Crippen LogP contribution is 2.30. The summed E-state index contributed by atoms with van der Waals surface area (Å²) in [5, 5.41) is 15.8. The van der Waals surface area contributed by atoms with Crippen LogP contribution < -0.4 is 20.1 Å². The summed E-state index contributed by atoms with van der Waals surface area (Å²) in [5.74, 6) is 0.455. The van der Waals surface area contributed by atoms with Crippen molar-refractivity contribution in [2.24, 2.45) is 5.92 Å². The lowest BCUT2D eigenvalue weighted by molar-refractivity contribution is -0.137. The minimum absolute atomic E-state index is 0.194. The van der Waals surface area contributed by atoms with Gasteiger partial charge in [-0.2, -0.15) is 13.2 Å². The van der Waals surface area contributed by atoms with Gasteiger partial charge in [-0.1, -0.05) is 19.1 Å². The molecule has 1 aliphatic rings. The monoisotopic (exact) mass is 714 g/mol. The van der Waals surface area contributed by atoms with Crippen molar-refractivity contribution in [2.45, 2.75) is 71.0 Å². The standard InChI is InChI=1S/C38H49F3N4O6/c1-25-21-45(26(2)24-46)36(47)33-20-31(43-37(48)42-30-13-16-32(49-5)17-14-30)15-18-34(33)51-27(3)8-6-7-19-50-35(25)23-44(4)22-28-9-11-29(12-10-28)38(39,40)41/h9-18,20,25-27,35,46H,6-8,19,21-24H2,1-5H3,(H2,42,43,48)/t25-,26+,27+,35+/m0/s1. The number of aliphatic hydroxyl groups is 1. The van der Waals surface area contributed by atoms with E-state index in [1.807, 2.05) is 25.8 Å². The third-order valence-corrected chi connectivity index (χ3v) is 8.88. The number of carbonyl (C=O) groups excluding carboxylic acids is 2. The third-order valence-electron chi connectivity index (χ3n) is 8.88. The maximum Gasteiger partial charge on any atom is 0.416 e. The molecule has 1 aliphatic heterocycles. The zero-order valence-corrected chi connectivity index (χ0v) is 29.8. The average Bonchev–Trinajstić information content (AvgIpc) is 3.09. The fourth-order valence-electron chi connectivity index (χ4n) is 5.91. The summed E-state index contributed by atoms with van der Waals surface area (Å²) >= 11 is 0. The van der Waals surface area contributed by atoms with Crippen molar-refractivity contribution in [1.82, 2.24) is 9.80 Å². The number of rotatable bonds is 9. The molecular weight excluding hydrogens is 665 g/mol. The summed E-state index contributed by atoms with van der Waals surface area (Å²) in [5.41, 5.74) is 1.21. The fourth-order valence-corrected chi connectivity index (χ4v) is 5.91. The first kappa shape index (κ1) is 39.5. The molecule has 0 unspecified atom stereocenters. The summed E-state index contributed by atoms with van der Waals surface area (Å²) in [7, 11) is 3.44. The van der Waals surface area contributed by atoms with E-state index in [1.54, 1.807) is 61.4 Å². The number of fused-ring (bicyclic) bond motifs is 1. The van der Waals surface area contributed by atoms with Gasteiger partial charge in [0, 0.05) is 43.5 Å². The Morgan fingerprint density at radius 1 is 1.04 bits per heavy atom. The van der Waals surface area contributed by atoms with Crippen LogP contribution in [0.1, 0.15) is 61.5 Å². The van der Waals surface area contributed by atoms with Crippen molar-refractivity contribution in [2.75, 3.05) is 51.1 Å². The second kappa shape index (κ2) is 18.2. The van der Waals surface area contributed by atoms with Gasteiger partial charge in [-0.25, -0.2) is 4.79 Å². The van der Waals surface area contributed by atoms with Crippen LogP contribution in [0, 0.1) is 5.92 Å². The molecular formula is C38H49F3N4O6. The number of carbonyl (C=O) groups is 2. The molecule has 1 heterocycles. The Labute approximate surface area is 297 Å². The van der Waals surface area contributed by atoms with E-state index in [4.69, 9.17) is 14.2 Å². The van der Waals surface area contributed by atoms with Gasteiger partial charge in [0.25, 0.3) is 5.91 Å². The second-order valence-corrected chi connectivity index (χ2v) is 13.2.